The van der Waals surface area contributed by atoms with E-state index in [1.54, 1.807) is 0 Å². The van der Waals surface area contributed by atoms with E-state index in [2.05, 4.69) is 11.4 Å². The highest BCUT2D eigenvalue weighted by atomic mass is 19.4. The molecule has 36 heavy (non-hydrogen) atoms. The highest BCUT2D eigenvalue weighted by molar-refractivity contribution is 5.36. The topological polar surface area (TPSA) is 50.9 Å². The Hall–Kier alpha value is -2.13. The molecule has 0 radical (unpaired) electrons. The normalized spacial score (nSPS) is 17.9. The van der Waals surface area contributed by atoms with Gasteiger partial charge in [-0.05, 0) is 92.3 Å². The summed E-state index contributed by atoms with van der Waals surface area (Å²) in [6.45, 7) is 0.743. The molecule has 1 atom stereocenters. The minimum Gasteiger partial charge on any atom is -0.330 e. The predicted octanol–water partition coefficient (Wildman–Crippen LogP) is 6.91. The van der Waals surface area contributed by atoms with Crippen molar-refractivity contribution in [3.63, 3.8) is 0 Å². The molecule has 1 unspecified atom stereocenters. The van der Waals surface area contributed by atoms with Crippen LogP contribution in [0.4, 0.5) is 26.3 Å². The zero-order valence-corrected chi connectivity index (χ0v) is 20.2. The fourth-order valence-corrected chi connectivity index (χ4v) is 5.76. The van der Waals surface area contributed by atoms with Gasteiger partial charge in [0.25, 0.3) is 0 Å². The summed E-state index contributed by atoms with van der Waals surface area (Å²) in [5.74, 6) is 0.714. The molecule has 2 aromatic rings. The summed E-state index contributed by atoms with van der Waals surface area (Å²) in [5, 5.41) is 3.10. The smallest absolute Gasteiger partial charge is 0.330 e. The number of rotatable bonds is 8. The third-order valence-corrected chi connectivity index (χ3v) is 7.50. The number of aryl methyl sites for hydroxylation is 2. The third kappa shape index (κ3) is 6.40. The molecule has 2 aliphatic rings. The third-order valence-electron chi connectivity index (χ3n) is 7.50. The summed E-state index contributed by atoms with van der Waals surface area (Å²) in [7, 11) is 0. The van der Waals surface area contributed by atoms with Crippen molar-refractivity contribution in [1.29, 1.82) is 0 Å². The molecule has 1 saturated carbocycles. The van der Waals surface area contributed by atoms with E-state index in [0.29, 0.717) is 19.0 Å². The maximum atomic E-state index is 13.2. The van der Waals surface area contributed by atoms with Crippen LogP contribution < -0.4 is 11.1 Å². The van der Waals surface area contributed by atoms with Gasteiger partial charge in [-0.3, -0.25) is 4.98 Å². The number of halogens is 6. The molecule has 198 valence electrons. The highest BCUT2D eigenvalue weighted by Gasteiger charge is 2.37. The van der Waals surface area contributed by atoms with Crippen molar-refractivity contribution in [3.05, 3.63) is 63.5 Å². The van der Waals surface area contributed by atoms with Crippen LogP contribution in [0.15, 0.2) is 24.3 Å². The van der Waals surface area contributed by atoms with Gasteiger partial charge in [0.05, 0.1) is 11.1 Å². The Kier molecular flexibility index (Phi) is 8.29. The van der Waals surface area contributed by atoms with E-state index >= 15 is 0 Å². The second-order valence-corrected chi connectivity index (χ2v) is 10.1. The molecule has 1 fully saturated rings. The number of pyridine rings is 1. The molecule has 4 rings (SSSR count). The first kappa shape index (κ1) is 26.9. The van der Waals surface area contributed by atoms with Gasteiger partial charge in [0.1, 0.15) is 0 Å². The Bertz CT molecular complexity index is 1010. The number of hydrogen-bond acceptors (Lipinski definition) is 3. The Morgan fingerprint density at radius 1 is 0.861 bits per heavy atom. The molecule has 3 N–H and O–H groups in total. The van der Waals surface area contributed by atoms with Crippen LogP contribution in [0.2, 0.25) is 0 Å². The van der Waals surface area contributed by atoms with Crippen molar-refractivity contribution < 1.29 is 26.3 Å². The van der Waals surface area contributed by atoms with E-state index in [-0.39, 0.29) is 24.1 Å². The second-order valence-electron chi connectivity index (χ2n) is 10.1. The van der Waals surface area contributed by atoms with Gasteiger partial charge in [0.2, 0.25) is 0 Å². The average Bonchev–Trinajstić information content (AvgIpc) is 3.35. The number of nitrogens with zero attached hydrogens (tertiary/aromatic N) is 1. The SMILES string of the molecule is NCCC(c1nc2c(cc1CNCc1cc(C(F)(F)F)cc(C(F)(F)F)c1)CCCC2)C1CCCC1. The summed E-state index contributed by atoms with van der Waals surface area (Å²) in [5.41, 5.74) is 7.61. The molecule has 0 amide bonds. The van der Waals surface area contributed by atoms with Gasteiger partial charge in [-0.25, -0.2) is 0 Å². The van der Waals surface area contributed by atoms with Crippen molar-refractivity contribution in [1.82, 2.24) is 10.3 Å². The van der Waals surface area contributed by atoms with Crippen LogP contribution >= 0.6 is 0 Å². The van der Waals surface area contributed by atoms with E-state index in [1.807, 2.05) is 0 Å². The summed E-state index contributed by atoms with van der Waals surface area (Å²) in [4.78, 5) is 5.10. The molecular formula is C27H33F6N3. The average molecular weight is 514 g/mol. The molecular weight excluding hydrogens is 480 g/mol. The Morgan fingerprint density at radius 3 is 2.11 bits per heavy atom. The van der Waals surface area contributed by atoms with Crippen LogP contribution in [0, 0.1) is 5.92 Å². The highest BCUT2D eigenvalue weighted by Crippen LogP contribution is 2.41. The van der Waals surface area contributed by atoms with Gasteiger partial charge in [0, 0.05) is 30.4 Å². The summed E-state index contributed by atoms with van der Waals surface area (Å²) < 4.78 is 79.4. The van der Waals surface area contributed by atoms with Crippen LogP contribution in [-0.2, 0) is 38.3 Å². The van der Waals surface area contributed by atoms with Gasteiger partial charge in [-0.15, -0.1) is 0 Å². The lowest BCUT2D eigenvalue weighted by atomic mass is 9.82. The first-order valence-electron chi connectivity index (χ1n) is 12.8. The van der Waals surface area contributed by atoms with E-state index in [0.717, 1.165) is 74.0 Å². The van der Waals surface area contributed by atoms with E-state index in [4.69, 9.17) is 10.7 Å². The molecule has 1 aromatic heterocycles. The predicted molar refractivity (Wildman–Crippen MR) is 126 cm³/mol. The first-order valence-corrected chi connectivity index (χ1v) is 12.8. The number of aromatic nitrogens is 1. The van der Waals surface area contributed by atoms with Crippen LogP contribution in [-0.4, -0.2) is 11.5 Å². The number of fused-ring (bicyclic) bond motifs is 1. The van der Waals surface area contributed by atoms with Crippen molar-refractivity contribution in [2.75, 3.05) is 6.54 Å². The maximum absolute atomic E-state index is 13.2. The molecule has 0 spiro atoms. The molecule has 0 saturated heterocycles. The summed E-state index contributed by atoms with van der Waals surface area (Å²) >= 11 is 0. The molecule has 0 aliphatic heterocycles. The van der Waals surface area contributed by atoms with Gasteiger partial charge in [0.15, 0.2) is 0 Å². The zero-order valence-electron chi connectivity index (χ0n) is 20.2. The molecule has 1 heterocycles. The zero-order chi connectivity index (χ0) is 25.9. The minimum absolute atomic E-state index is 0.0566. The molecule has 0 bridgehead atoms. The maximum Gasteiger partial charge on any atom is 0.416 e. The van der Waals surface area contributed by atoms with Crippen molar-refractivity contribution in [3.8, 4) is 0 Å². The lowest BCUT2D eigenvalue weighted by Gasteiger charge is -2.27. The van der Waals surface area contributed by atoms with Gasteiger partial charge >= 0.3 is 12.4 Å². The molecule has 2 aliphatic carbocycles. The number of hydrogen-bond donors (Lipinski definition) is 2. The van der Waals surface area contributed by atoms with E-state index in [1.165, 1.54) is 18.4 Å². The van der Waals surface area contributed by atoms with E-state index in [9.17, 15) is 26.3 Å². The van der Waals surface area contributed by atoms with Crippen molar-refractivity contribution in [2.24, 2.45) is 11.7 Å². The molecule has 3 nitrogen and oxygen atoms in total. The number of nitrogens with one attached hydrogen (secondary N) is 1. The van der Waals surface area contributed by atoms with Crippen LogP contribution in [0.5, 0.6) is 0 Å². The number of benzene rings is 1. The summed E-state index contributed by atoms with van der Waals surface area (Å²) in [6, 6.07) is 3.87. The summed E-state index contributed by atoms with van der Waals surface area (Å²) in [6.07, 6.45) is -0.246. The van der Waals surface area contributed by atoms with Crippen molar-refractivity contribution in [2.45, 2.75) is 89.1 Å². The largest absolute Gasteiger partial charge is 0.416 e. The van der Waals surface area contributed by atoms with Crippen LogP contribution in [0.25, 0.3) is 0 Å². The Morgan fingerprint density at radius 2 is 1.50 bits per heavy atom. The van der Waals surface area contributed by atoms with Crippen molar-refractivity contribution >= 4 is 0 Å². The Labute approximate surface area is 207 Å². The first-order chi connectivity index (χ1) is 17.1. The minimum atomic E-state index is -4.86. The van der Waals surface area contributed by atoms with Crippen LogP contribution in [0.1, 0.15) is 90.1 Å². The van der Waals surface area contributed by atoms with Gasteiger partial charge in [-0.1, -0.05) is 18.9 Å². The fraction of sp³-hybridized carbons (Fsp3) is 0.593. The van der Waals surface area contributed by atoms with Gasteiger partial charge in [-0.2, -0.15) is 26.3 Å². The quantitative estimate of drug-likeness (QED) is 0.377. The van der Waals surface area contributed by atoms with E-state index < -0.39 is 23.5 Å². The fourth-order valence-electron chi connectivity index (χ4n) is 5.76. The lowest BCUT2D eigenvalue weighted by molar-refractivity contribution is -0.143. The monoisotopic (exact) mass is 513 g/mol. The lowest BCUT2D eigenvalue weighted by Crippen LogP contribution is -2.23. The number of alkyl halides is 6. The second kappa shape index (κ2) is 11.1. The standard InChI is InChI=1S/C27H33F6N3/c28-26(29,30)21-11-17(12-22(14-21)27(31,32)33)15-35-16-20-13-19-7-3-4-8-24(19)36-25(20)23(9-10-34)18-5-1-2-6-18/h11-14,18,23,35H,1-10,15-16,34H2. The Balaban J connectivity index is 1.60. The van der Waals surface area contributed by atoms with Crippen LogP contribution in [0.3, 0.4) is 0 Å². The molecule has 9 heteroatoms. The van der Waals surface area contributed by atoms with Gasteiger partial charge < -0.3 is 11.1 Å². The molecule has 1 aromatic carbocycles. The number of nitrogens with two attached hydrogens (primary N) is 1.